The van der Waals surface area contributed by atoms with Crippen molar-refractivity contribution in [1.82, 2.24) is 5.32 Å². The number of rotatable bonds is 6. The zero-order valence-corrected chi connectivity index (χ0v) is 15.6. The van der Waals surface area contributed by atoms with Crippen LogP contribution in [0.15, 0.2) is 64.9 Å². The summed E-state index contributed by atoms with van der Waals surface area (Å²) in [7, 11) is 0. The predicted molar refractivity (Wildman–Crippen MR) is 106 cm³/mol. The number of fused-ring (bicyclic) bond motifs is 2. The van der Waals surface area contributed by atoms with Crippen LogP contribution in [0.25, 0.3) is 0 Å². The molecule has 0 fully saturated rings. The third-order valence-electron chi connectivity index (χ3n) is 4.22. The number of nitrogens with zero attached hydrogens (tertiary/aromatic N) is 1. The van der Waals surface area contributed by atoms with E-state index in [0.717, 1.165) is 28.3 Å². The molecule has 26 heavy (non-hydrogen) atoms. The maximum absolute atomic E-state index is 13.0. The minimum Gasteiger partial charge on any atom is -0.352 e. The maximum Gasteiger partial charge on any atom is 0.259 e. The Balaban J connectivity index is 1.99. The zero-order valence-electron chi connectivity index (χ0n) is 14.8. The lowest BCUT2D eigenvalue weighted by molar-refractivity contribution is 0.0950. The number of unbranched alkanes of at least 4 members (excludes halogenated alkanes) is 1. The van der Waals surface area contributed by atoms with Gasteiger partial charge in [0.1, 0.15) is 0 Å². The molecule has 0 bridgehead atoms. The van der Waals surface area contributed by atoms with Crippen LogP contribution in [0.4, 0.5) is 5.69 Å². The Hall–Kier alpha value is -2.53. The van der Waals surface area contributed by atoms with Gasteiger partial charge in [0.25, 0.3) is 11.8 Å². The molecule has 0 saturated heterocycles. The molecule has 4 nitrogen and oxygen atoms in total. The molecule has 0 unspecified atom stereocenters. The third kappa shape index (κ3) is 3.68. The minimum atomic E-state index is -0.112. The monoisotopic (exact) mass is 366 g/mol. The van der Waals surface area contributed by atoms with Gasteiger partial charge in [0.15, 0.2) is 0 Å². The lowest BCUT2D eigenvalue weighted by Gasteiger charge is -2.22. The summed E-state index contributed by atoms with van der Waals surface area (Å²) in [5.41, 5.74) is 1.98. The maximum atomic E-state index is 13.0. The molecule has 0 radical (unpaired) electrons. The number of carbonyl (C=O) groups is 2. The fourth-order valence-corrected chi connectivity index (χ4v) is 3.91. The fraction of sp³-hybridized carbons (Fsp3) is 0.238. The highest BCUT2D eigenvalue weighted by Gasteiger charge is 2.27. The van der Waals surface area contributed by atoms with Crippen molar-refractivity contribution >= 4 is 29.3 Å². The molecular weight excluding hydrogens is 344 g/mol. The highest BCUT2D eigenvalue weighted by atomic mass is 32.2. The molecule has 0 aromatic heterocycles. The van der Waals surface area contributed by atoms with Gasteiger partial charge in [0.2, 0.25) is 0 Å². The van der Waals surface area contributed by atoms with E-state index in [0.29, 0.717) is 24.2 Å². The summed E-state index contributed by atoms with van der Waals surface area (Å²) in [5.74, 6) is -0.186. The summed E-state index contributed by atoms with van der Waals surface area (Å²) < 4.78 is 0. The van der Waals surface area contributed by atoms with E-state index in [1.54, 1.807) is 28.8 Å². The van der Waals surface area contributed by atoms with Crippen molar-refractivity contribution in [2.45, 2.75) is 29.6 Å². The molecule has 0 aliphatic carbocycles. The predicted octanol–water partition coefficient (Wildman–Crippen LogP) is 4.51. The van der Waals surface area contributed by atoms with E-state index in [-0.39, 0.29) is 11.8 Å². The molecule has 0 atom stereocenters. The van der Waals surface area contributed by atoms with E-state index < -0.39 is 0 Å². The van der Waals surface area contributed by atoms with E-state index in [1.165, 1.54) is 0 Å². The third-order valence-corrected chi connectivity index (χ3v) is 5.36. The molecule has 0 spiro atoms. The second-order valence-electron chi connectivity index (χ2n) is 6.09. The van der Waals surface area contributed by atoms with E-state index >= 15 is 0 Å². The van der Waals surface area contributed by atoms with Gasteiger partial charge in [0, 0.05) is 28.4 Å². The van der Waals surface area contributed by atoms with Crippen molar-refractivity contribution in [3.05, 3.63) is 66.2 Å². The van der Waals surface area contributed by atoms with Gasteiger partial charge in [-0.15, -0.1) is 6.58 Å². The lowest BCUT2D eigenvalue weighted by Crippen LogP contribution is -2.31. The Morgan fingerprint density at radius 1 is 1.23 bits per heavy atom. The first-order valence-corrected chi connectivity index (χ1v) is 9.59. The van der Waals surface area contributed by atoms with Crippen LogP contribution in [0, 0.1) is 0 Å². The number of hydrogen-bond acceptors (Lipinski definition) is 3. The lowest BCUT2D eigenvalue weighted by atomic mass is 10.1. The van der Waals surface area contributed by atoms with Crippen LogP contribution in [-0.4, -0.2) is 24.9 Å². The van der Waals surface area contributed by atoms with Crippen molar-refractivity contribution in [3.8, 4) is 0 Å². The molecule has 1 aliphatic rings. The molecule has 0 saturated carbocycles. The summed E-state index contributed by atoms with van der Waals surface area (Å²) in [4.78, 5) is 29.0. The Morgan fingerprint density at radius 3 is 2.81 bits per heavy atom. The normalized spacial score (nSPS) is 12.8. The summed E-state index contributed by atoms with van der Waals surface area (Å²) in [6.45, 7) is 6.91. The number of amides is 2. The SMILES string of the molecule is C=CCN1C(=O)c2ccccc2Sc2ccc(C(=O)NCCCC)cc21. The highest BCUT2D eigenvalue weighted by molar-refractivity contribution is 7.99. The van der Waals surface area contributed by atoms with Crippen LogP contribution in [-0.2, 0) is 0 Å². The van der Waals surface area contributed by atoms with E-state index in [1.807, 2.05) is 36.4 Å². The highest BCUT2D eigenvalue weighted by Crippen LogP contribution is 2.41. The molecule has 2 amide bonds. The summed E-state index contributed by atoms with van der Waals surface area (Å²) in [5, 5.41) is 2.93. The second-order valence-corrected chi connectivity index (χ2v) is 7.18. The fourth-order valence-electron chi connectivity index (χ4n) is 2.85. The molecule has 5 heteroatoms. The van der Waals surface area contributed by atoms with Gasteiger partial charge >= 0.3 is 0 Å². The molecule has 1 N–H and O–H groups in total. The van der Waals surface area contributed by atoms with Gasteiger partial charge in [-0.3, -0.25) is 9.59 Å². The summed E-state index contributed by atoms with van der Waals surface area (Å²) in [6, 6.07) is 13.1. The Labute approximate surface area is 158 Å². The van der Waals surface area contributed by atoms with Gasteiger partial charge in [0.05, 0.1) is 11.3 Å². The van der Waals surface area contributed by atoms with Gasteiger partial charge in [-0.2, -0.15) is 0 Å². The molecule has 134 valence electrons. The Morgan fingerprint density at radius 2 is 2.04 bits per heavy atom. The molecule has 2 aromatic carbocycles. The van der Waals surface area contributed by atoms with E-state index in [9.17, 15) is 9.59 Å². The van der Waals surface area contributed by atoms with Gasteiger partial charge < -0.3 is 10.2 Å². The first-order valence-electron chi connectivity index (χ1n) is 8.77. The smallest absolute Gasteiger partial charge is 0.259 e. The molecule has 1 heterocycles. The van der Waals surface area contributed by atoms with Crippen molar-refractivity contribution in [1.29, 1.82) is 0 Å². The Kier molecular flexibility index (Phi) is 5.78. The zero-order chi connectivity index (χ0) is 18.5. The van der Waals surface area contributed by atoms with Crippen molar-refractivity contribution < 1.29 is 9.59 Å². The van der Waals surface area contributed by atoms with E-state index in [4.69, 9.17) is 0 Å². The van der Waals surface area contributed by atoms with Crippen LogP contribution in [0.5, 0.6) is 0 Å². The molecular formula is C21H22N2O2S. The van der Waals surface area contributed by atoms with Gasteiger partial charge in [-0.25, -0.2) is 0 Å². The van der Waals surface area contributed by atoms with Crippen molar-refractivity contribution in [2.24, 2.45) is 0 Å². The molecule has 2 aromatic rings. The molecule has 3 rings (SSSR count). The van der Waals surface area contributed by atoms with Crippen molar-refractivity contribution in [3.63, 3.8) is 0 Å². The first-order chi connectivity index (χ1) is 12.7. The van der Waals surface area contributed by atoms with Crippen LogP contribution in [0.2, 0.25) is 0 Å². The number of nitrogens with one attached hydrogen (secondary N) is 1. The topological polar surface area (TPSA) is 49.4 Å². The quantitative estimate of drug-likeness (QED) is 0.604. The van der Waals surface area contributed by atoms with Crippen LogP contribution < -0.4 is 10.2 Å². The summed E-state index contributed by atoms with van der Waals surface area (Å²) >= 11 is 1.55. The van der Waals surface area contributed by atoms with Crippen molar-refractivity contribution in [2.75, 3.05) is 18.0 Å². The number of benzene rings is 2. The summed E-state index contributed by atoms with van der Waals surface area (Å²) in [6.07, 6.45) is 3.68. The number of anilines is 1. The van der Waals surface area contributed by atoms with Crippen LogP contribution in [0.1, 0.15) is 40.5 Å². The van der Waals surface area contributed by atoms with Crippen LogP contribution in [0.3, 0.4) is 0 Å². The first kappa shape index (κ1) is 18.3. The molecule has 1 aliphatic heterocycles. The van der Waals surface area contributed by atoms with E-state index in [2.05, 4.69) is 18.8 Å². The minimum absolute atomic E-state index is 0.0738. The number of hydrogen-bond donors (Lipinski definition) is 1. The van der Waals surface area contributed by atoms with Crippen LogP contribution >= 0.6 is 11.8 Å². The largest absolute Gasteiger partial charge is 0.352 e. The standard InChI is InChI=1S/C21H22N2O2S/c1-3-5-12-22-20(24)15-10-11-19-17(14-15)23(13-4-2)21(25)16-8-6-7-9-18(16)26-19/h4,6-11,14H,2-3,5,12-13H2,1H3,(H,22,24). The second kappa shape index (κ2) is 8.23. The number of carbonyl (C=O) groups excluding carboxylic acids is 2. The average Bonchev–Trinajstić information content (AvgIpc) is 2.77. The average molecular weight is 366 g/mol. The van der Waals surface area contributed by atoms with Gasteiger partial charge in [-0.1, -0.05) is 43.3 Å². The Bertz CT molecular complexity index is 848. The van der Waals surface area contributed by atoms with Gasteiger partial charge in [-0.05, 0) is 36.8 Å².